The van der Waals surface area contributed by atoms with Gasteiger partial charge in [-0.25, -0.2) is 9.78 Å². The molecule has 9 heteroatoms. The highest BCUT2D eigenvalue weighted by atomic mass is 127. The fourth-order valence-corrected chi connectivity index (χ4v) is 2.42. The quantitative estimate of drug-likeness (QED) is 0.218. The molecule has 166 valence electrons. The van der Waals surface area contributed by atoms with Crippen LogP contribution >= 0.6 is 24.0 Å². The van der Waals surface area contributed by atoms with Gasteiger partial charge in [-0.2, -0.15) is 0 Å². The largest absolute Gasteiger partial charge is 0.444 e. The maximum absolute atomic E-state index is 11.6. The fourth-order valence-electron chi connectivity index (χ4n) is 2.42. The molecule has 0 aliphatic heterocycles. The molecule has 2 aromatic rings. The number of rotatable bonds is 7. The van der Waals surface area contributed by atoms with Gasteiger partial charge in [0.15, 0.2) is 11.7 Å². The van der Waals surface area contributed by atoms with Gasteiger partial charge in [-0.1, -0.05) is 29.8 Å². The molecular formula is C21H32IN5O3. The first-order chi connectivity index (χ1) is 13.8. The lowest BCUT2D eigenvalue weighted by molar-refractivity contribution is 0.0527. The molecule has 30 heavy (non-hydrogen) atoms. The molecule has 0 radical (unpaired) electrons. The van der Waals surface area contributed by atoms with Crippen molar-refractivity contribution in [3.8, 4) is 11.3 Å². The number of amides is 1. The number of guanidine groups is 1. The van der Waals surface area contributed by atoms with Crippen LogP contribution in [-0.4, -0.2) is 42.8 Å². The highest BCUT2D eigenvalue weighted by Crippen LogP contribution is 2.20. The second kappa shape index (κ2) is 12.4. The third-order valence-electron chi connectivity index (χ3n) is 3.83. The Balaban J connectivity index is 0.00000450. The minimum absolute atomic E-state index is 0. The molecule has 0 fully saturated rings. The van der Waals surface area contributed by atoms with E-state index in [1.807, 2.05) is 52.0 Å². The maximum Gasteiger partial charge on any atom is 0.407 e. The second-order valence-electron chi connectivity index (χ2n) is 7.62. The summed E-state index contributed by atoms with van der Waals surface area (Å²) in [6, 6.07) is 8.11. The SMILES string of the molecule is CN=C(NCCCNC(=O)OC(C)(C)C)NCc1ncc(-c2ccc(C)cc2)o1.I. The molecule has 1 heterocycles. The van der Waals surface area contributed by atoms with Crippen LogP contribution in [0.3, 0.4) is 0 Å². The van der Waals surface area contributed by atoms with E-state index in [1.54, 1.807) is 13.2 Å². The van der Waals surface area contributed by atoms with Crippen LogP contribution in [0.15, 0.2) is 39.9 Å². The molecule has 2 rings (SSSR count). The van der Waals surface area contributed by atoms with Gasteiger partial charge in [0.25, 0.3) is 0 Å². The number of carbonyl (C=O) groups is 1. The number of hydrogen-bond acceptors (Lipinski definition) is 5. The summed E-state index contributed by atoms with van der Waals surface area (Å²) in [4.78, 5) is 20.1. The third-order valence-corrected chi connectivity index (χ3v) is 3.83. The molecule has 0 saturated carbocycles. The number of alkyl carbamates (subject to hydrolysis) is 1. The number of aryl methyl sites for hydroxylation is 1. The Labute approximate surface area is 195 Å². The molecule has 3 N–H and O–H groups in total. The summed E-state index contributed by atoms with van der Waals surface area (Å²) < 4.78 is 11.0. The summed E-state index contributed by atoms with van der Waals surface area (Å²) in [5, 5.41) is 9.07. The zero-order valence-electron chi connectivity index (χ0n) is 18.2. The van der Waals surface area contributed by atoms with E-state index >= 15 is 0 Å². The number of aliphatic imine (C=N–C) groups is 1. The molecule has 0 bridgehead atoms. The van der Waals surface area contributed by atoms with Crippen molar-refractivity contribution in [3.63, 3.8) is 0 Å². The van der Waals surface area contributed by atoms with Crippen molar-refractivity contribution >= 4 is 36.0 Å². The minimum Gasteiger partial charge on any atom is -0.444 e. The van der Waals surface area contributed by atoms with Crippen LogP contribution in [0.2, 0.25) is 0 Å². The summed E-state index contributed by atoms with van der Waals surface area (Å²) in [5.74, 6) is 1.95. The van der Waals surface area contributed by atoms with Crippen LogP contribution in [0.4, 0.5) is 4.79 Å². The zero-order valence-corrected chi connectivity index (χ0v) is 20.6. The van der Waals surface area contributed by atoms with Crippen LogP contribution in [-0.2, 0) is 11.3 Å². The predicted octanol–water partition coefficient (Wildman–Crippen LogP) is 3.85. The Morgan fingerprint density at radius 1 is 1.13 bits per heavy atom. The topological polar surface area (TPSA) is 101 Å². The molecule has 0 spiro atoms. The average molecular weight is 529 g/mol. The number of benzene rings is 1. The van der Waals surface area contributed by atoms with Crippen molar-refractivity contribution < 1.29 is 13.9 Å². The maximum atomic E-state index is 11.6. The van der Waals surface area contributed by atoms with E-state index in [4.69, 9.17) is 9.15 Å². The number of hydrogen-bond donors (Lipinski definition) is 3. The van der Waals surface area contributed by atoms with Crippen LogP contribution in [0.1, 0.15) is 38.6 Å². The van der Waals surface area contributed by atoms with Crippen LogP contribution in [0.25, 0.3) is 11.3 Å². The Morgan fingerprint density at radius 2 is 1.80 bits per heavy atom. The summed E-state index contributed by atoms with van der Waals surface area (Å²) >= 11 is 0. The van der Waals surface area contributed by atoms with E-state index in [2.05, 4.69) is 25.9 Å². The first-order valence-electron chi connectivity index (χ1n) is 9.70. The average Bonchev–Trinajstić information content (AvgIpc) is 3.12. The van der Waals surface area contributed by atoms with Crippen molar-refractivity contribution in [1.82, 2.24) is 20.9 Å². The number of ether oxygens (including phenoxy) is 1. The Bertz CT molecular complexity index is 813. The normalized spacial score (nSPS) is 11.4. The number of oxazole rings is 1. The first kappa shape index (κ1) is 25.7. The van der Waals surface area contributed by atoms with E-state index in [0.29, 0.717) is 31.5 Å². The van der Waals surface area contributed by atoms with E-state index in [0.717, 1.165) is 17.7 Å². The monoisotopic (exact) mass is 529 g/mol. The third kappa shape index (κ3) is 9.47. The first-order valence-corrected chi connectivity index (χ1v) is 9.70. The van der Waals surface area contributed by atoms with Gasteiger partial charge in [0.05, 0.1) is 12.7 Å². The highest BCUT2D eigenvalue weighted by Gasteiger charge is 2.15. The van der Waals surface area contributed by atoms with Crippen LogP contribution in [0, 0.1) is 6.92 Å². The van der Waals surface area contributed by atoms with Gasteiger partial charge in [0, 0.05) is 25.7 Å². The zero-order chi connectivity index (χ0) is 21.3. The van der Waals surface area contributed by atoms with E-state index < -0.39 is 11.7 Å². The molecule has 0 aliphatic carbocycles. The van der Waals surface area contributed by atoms with Gasteiger partial charge in [0.2, 0.25) is 5.89 Å². The standard InChI is InChI=1S/C21H31N5O3.HI/c1-15-7-9-16(10-8-15)17-13-25-18(28-17)14-26-19(22-5)23-11-6-12-24-20(27)29-21(2,3)4;/h7-10,13H,6,11-12,14H2,1-5H3,(H,24,27)(H2,22,23,26);1H. The summed E-state index contributed by atoms with van der Waals surface area (Å²) in [7, 11) is 1.70. The molecule has 0 saturated heterocycles. The predicted molar refractivity (Wildman–Crippen MR) is 129 cm³/mol. The molecule has 8 nitrogen and oxygen atoms in total. The number of nitrogens with zero attached hydrogens (tertiary/aromatic N) is 2. The lowest BCUT2D eigenvalue weighted by Gasteiger charge is -2.19. The van der Waals surface area contributed by atoms with Crippen molar-refractivity contribution in [2.24, 2.45) is 4.99 Å². The van der Waals surface area contributed by atoms with Crippen molar-refractivity contribution in [2.45, 2.75) is 46.3 Å². The molecule has 1 aromatic heterocycles. The van der Waals surface area contributed by atoms with E-state index in [1.165, 1.54) is 5.56 Å². The molecule has 0 unspecified atom stereocenters. The highest BCUT2D eigenvalue weighted by molar-refractivity contribution is 14.0. The summed E-state index contributed by atoms with van der Waals surface area (Å²) in [5.41, 5.74) is 1.70. The van der Waals surface area contributed by atoms with Gasteiger partial charge in [-0.15, -0.1) is 24.0 Å². The summed E-state index contributed by atoms with van der Waals surface area (Å²) in [6.45, 7) is 9.13. The van der Waals surface area contributed by atoms with Gasteiger partial charge < -0.3 is 25.1 Å². The van der Waals surface area contributed by atoms with Gasteiger partial charge in [0.1, 0.15) is 5.60 Å². The molecular weight excluding hydrogens is 497 g/mol. The Hall–Kier alpha value is -2.30. The Morgan fingerprint density at radius 3 is 2.43 bits per heavy atom. The number of aromatic nitrogens is 1. The lowest BCUT2D eigenvalue weighted by Crippen LogP contribution is -2.39. The van der Waals surface area contributed by atoms with Crippen LogP contribution < -0.4 is 16.0 Å². The second-order valence-corrected chi connectivity index (χ2v) is 7.62. The summed E-state index contributed by atoms with van der Waals surface area (Å²) in [6.07, 6.45) is 2.05. The van der Waals surface area contributed by atoms with Gasteiger partial charge >= 0.3 is 6.09 Å². The van der Waals surface area contributed by atoms with Gasteiger partial charge in [-0.3, -0.25) is 4.99 Å². The van der Waals surface area contributed by atoms with Crippen molar-refractivity contribution in [1.29, 1.82) is 0 Å². The number of halogens is 1. The molecule has 1 amide bonds. The molecule has 1 aromatic carbocycles. The van der Waals surface area contributed by atoms with E-state index in [9.17, 15) is 4.79 Å². The van der Waals surface area contributed by atoms with Crippen molar-refractivity contribution in [3.05, 3.63) is 41.9 Å². The van der Waals surface area contributed by atoms with Crippen LogP contribution in [0.5, 0.6) is 0 Å². The molecule has 0 aliphatic rings. The van der Waals surface area contributed by atoms with E-state index in [-0.39, 0.29) is 24.0 Å². The Kier molecular flexibility index (Phi) is 10.6. The minimum atomic E-state index is -0.493. The number of nitrogens with one attached hydrogen (secondary N) is 3. The van der Waals surface area contributed by atoms with Crippen molar-refractivity contribution in [2.75, 3.05) is 20.1 Å². The smallest absolute Gasteiger partial charge is 0.407 e. The number of carbonyl (C=O) groups excluding carboxylic acids is 1. The van der Waals surface area contributed by atoms with Gasteiger partial charge in [-0.05, 0) is 34.1 Å². The fraction of sp³-hybridized carbons (Fsp3) is 0.476. The lowest BCUT2D eigenvalue weighted by atomic mass is 10.1. The molecule has 0 atom stereocenters.